The second-order valence-electron chi connectivity index (χ2n) is 5.17. The molecule has 4 heteroatoms. The smallest absolute Gasteiger partial charge is 0.159 e. The molecule has 0 atom stereocenters. The van der Waals surface area contributed by atoms with E-state index in [1.165, 1.54) is 0 Å². The van der Waals surface area contributed by atoms with Gasteiger partial charge in [-0.25, -0.2) is 4.98 Å². The van der Waals surface area contributed by atoms with Crippen molar-refractivity contribution < 1.29 is 9.53 Å². The molecule has 3 rings (SSSR count). The largest absolute Gasteiger partial charge is 0.494 e. The maximum atomic E-state index is 11.6. The second kappa shape index (κ2) is 6.02. The fourth-order valence-corrected chi connectivity index (χ4v) is 2.54. The summed E-state index contributed by atoms with van der Waals surface area (Å²) in [5, 5.41) is 0. The van der Waals surface area contributed by atoms with Crippen LogP contribution in [-0.4, -0.2) is 21.9 Å². The number of rotatable bonds is 5. The highest BCUT2D eigenvalue weighted by Crippen LogP contribution is 2.23. The first kappa shape index (κ1) is 14.3. The minimum absolute atomic E-state index is 0.0554. The lowest BCUT2D eigenvalue weighted by Crippen LogP contribution is -2.04. The number of fused-ring (bicyclic) bond motifs is 1. The van der Waals surface area contributed by atoms with Gasteiger partial charge in [-0.15, -0.1) is 0 Å². The molecular formula is C18H18N2O2. The van der Waals surface area contributed by atoms with Crippen molar-refractivity contribution in [3.63, 3.8) is 0 Å². The van der Waals surface area contributed by atoms with Crippen LogP contribution in [0, 0.1) is 0 Å². The zero-order chi connectivity index (χ0) is 15.5. The third kappa shape index (κ3) is 2.72. The maximum absolute atomic E-state index is 11.6. The third-order valence-electron chi connectivity index (χ3n) is 3.63. The zero-order valence-corrected chi connectivity index (χ0v) is 12.7. The molecule has 0 aliphatic heterocycles. The zero-order valence-electron chi connectivity index (χ0n) is 12.7. The number of ether oxygens (including phenoxy) is 1. The number of hydrogen-bond donors (Lipinski definition) is 0. The van der Waals surface area contributed by atoms with Crippen LogP contribution >= 0.6 is 0 Å². The van der Waals surface area contributed by atoms with Crippen molar-refractivity contribution in [1.29, 1.82) is 0 Å². The van der Waals surface area contributed by atoms with Gasteiger partial charge < -0.3 is 9.30 Å². The summed E-state index contributed by atoms with van der Waals surface area (Å²) in [6.07, 6.45) is 1.82. The van der Waals surface area contributed by atoms with Crippen molar-refractivity contribution in [3.8, 4) is 5.75 Å². The Bertz CT molecular complexity index is 821. The first-order chi connectivity index (χ1) is 10.7. The molecule has 0 spiro atoms. The van der Waals surface area contributed by atoms with Crippen LogP contribution in [0.3, 0.4) is 0 Å². The fourth-order valence-electron chi connectivity index (χ4n) is 2.54. The van der Waals surface area contributed by atoms with Gasteiger partial charge in [0.15, 0.2) is 5.78 Å². The van der Waals surface area contributed by atoms with Gasteiger partial charge in [-0.3, -0.25) is 4.79 Å². The Kier molecular flexibility index (Phi) is 3.92. The van der Waals surface area contributed by atoms with E-state index in [-0.39, 0.29) is 5.78 Å². The van der Waals surface area contributed by atoms with Gasteiger partial charge in [-0.2, -0.15) is 0 Å². The van der Waals surface area contributed by atoms with Gasteiger partial charge in [0.25, 0.3) is 0 Å². The number of carbonyl (C=O) groups is 1. The molecular weight excluding hydrogens is 276 g/mol. The fraction of sp³-hybridized carbons (Fsp3) is 0.222. The van der Waals surface area contributed by atoms with Crippen molar-refractivity contribution in [2.75, 3.05) is 6.61 Å². The van der Waals surface area contributed by atoms with Crippen molar-refractivity contribution in [2.45, 2.75) is 20.4 Å². The average molecular weight is 294 g/mol. The molecule has 0 aliphatic rings. The summed E-state index contributed by atoms with van der Waals surface area (Å²) in [4.78, 5) is 16.0. The first-order valence-corrected chi connectivity index (χ1v) is 7.35. The number of nitrogens with zero attached hydrogens (tertiary/aromatic N) is 2. The summed E-state index contributed by atoms with van der Waals surface area (Å²) in [7, 11) is 0. The number of Topliss-reactive ketones (excluding diaryl/α,β-unsaturated/α-hetero) is 1. The van der Waals surface area contributed by atoms with Gasteiger partial charge in [0.2, 0.25) is 0 Å². The summed E-state index contributed by atoms with van der Waals surface area (Å²) >= 11 is 0. The van der Waals surface area contributed by atoms with Crippen molar-refractivity contribution >= 4 is 16.8 Å². The molecule has 22 heavy (non-hydrogen) atoms. The lowest BCUT2D eigenvalue weighted by molar-refractivity contribution is 0.101. The van der Waals surface area contributed by atoms with Crippen LogP contribution in [0.5, 0.6) is 5.75 Å². The number of benzene rings is 2. The Balaban J connectivity index is 2.02. The lowest BCUT2D eigenvalue weighted by Gasteiger charge is -2.12. The molecule has 2 aromatic carbocycles. The van der Waals surface area contributed by atoms with Crippen LogP contribution in [0.2, 0.25) is 0 Å². The van der Waals surface area contributed by atoms with Crippen molar-refractivity contribution in [3.05, 3.63) is 59.9 Å². The van der Waals surface area contributed by atoms with E-state index in [0.29, 0.717) is 18.7 Å². The average Bonchev–Trinajstić information content (AvgIpc) is 2.92. The molecule has 112 valence electrons. The van der Waals surface area contributed by atoms with Gasteiger partial charge in [0, 0.05) is 11.1 Å². The van der Waals surface area contributed by atoms with Crippen LogP contribution in [0.15, 0.2) is 48.8 Å². The maximum Gasteiger partial charge on any atom is 0.159 e. The van der Waals surface area contributed by atoms with E-state index >= 15 is 0 Å². The minimum atomic E-state index is 0.0554. The molecule has 0 saturated carbocycles. The second-order valence-corrected chi connectivity index (χ2v) is 5.17. The topological polar surface area (TPSA) is 44.1 Å². The van der Waals surface area contributed by atoms with Gasteiger partial charge in [0.05, 0.1) is 30.5 Å². The summed E-state index contributed by atoms with van der Waals surface area (Å²) in [5.41, 5.74) is 3.71. The molecule has 0 aliphatic carbocycles. The highest BCUT2D eigenvalue weighted by Gasteiger charge is 2.10. The molecule has 0 amide bonds. The van der Waals surface area contributed by atoms with Gasteiger partial charge >= 0.3 is 0 Å². The van der Waals surface area contributed by atoms with E-state index in [9.17, 15) is 4.79 Å². The van der Waals surface area contributed by atoms with Crippen LogP contribution in [0.25, 0.3) is 11.0 Å². The molecule has 1 heterocycles. The summed E-state index contributed by atoms with van der Waals surface area (Å²) < 4.78 is 7.75. The number of ketones is 1. The van der Waals surface area contributed by atoms with Crippen molar-refractivity contribution in [1.82, 2.24) is 9.55 Å². The summed E-state index contributed by atoms with van der Waals surface area (Å²) in [6, 6.07) is 13.6. The first-order valence-electron chi connectivity index (χ1n) is 7.35. The Morgan fingerprint density at radius 2 is 2.05 bits per heavy atom. The van der Waals surface area contributed by atoms with E-state index in [2.05, 4.69) is 9.55 Å². The molecule has 0 N–H and O–H groups in total. The quantitative estimate of drug-likeness (QED) is 0.674. The van der Waals surface area contributed by atoms with Crippen LogP contribution in [0.4, 0.5) is 0 Å². The Labute approximate surface area is 129 Å². The predicted octanol–water partition coefficient (Wildman–Crippen LogP) is 3.69. The van der Waals surface area contributed by atoms with E-state index < -0.39 is 0 Å². The number of carbonyl (C=O) groups excluding carboxylic acids is 1. The lowest BCUT2D eigenvalue weighted by atomic mass is 10.1. The molecule has 3 aromatic rings. The van der Waals surface area contributed by atoms with Crippen molar-refractivity contribution in [2.24, 2.45) is 0 Å². The molecule has 0 saturated heterocycles. The molecule has 0 radical (unpaired) electrons. The molecule has 0 bridgehead atoms. The highest BCUT2D eigenvalue weighted by atomic mass is 16.5. The van der Waals surface area contributed by atoms with E-state index in [1.807, 2.05) is 55.7 Å². The number of para-hydroxylation sites is 2. The standard InChI is InChI=1S/C18H18N2O2/c1-3-22-18-9-8-14(13(2)21)10-15(18)11-20-12-19-16-6-4-5-7-17(16)20/h4-10,12H,3,11H2,1-2H3. The van der Waals surface area contributed by atoms with Gasteiger partial charge in [-0.05, 0) is 44.2 Å². The minimum Gasteiger partial charge on any atom is -0.494 e. The predicted molar refractivity (Wildman–Crippen MR) is 86.5 cm³/mol. The Morgan fingerprint density at radius 1 is 1.23 bits per heavy atom. The Hall–Kier alpha value is -2.62. The van der Waals surface area contributed by atoms with E-state index in [0.717, 1.165) is 22.3 Å². The van der Waals surface area contributed by atoms with Gasteiger partial charge in [-0.1, -0.05) is 12.1 Å². The third-order valence-corrected chi connectivity index (χ3v) is 3.63. The molecule has 1 aromatic heterocycles. The summed E-state index contributed by atoms with van der Waals surface area (Å²) in [5.74, 6) is 0.866. The number of hydrogen-bond acceptors (Lipinski definition) is 3. The van der Waals surface area contributed by atoms with E-state index in [4.69, 9.17) is 4.74 Å². The van der Waals surface area contributed by atoms with Gasteiger partial charge in [0.1, 0.15) is 5.75 Å². The molecule has 0 unspecified atom stereocenters. The number of imidazole rings is 1. The molecule has 0 fully saturated rings. The number of aromatic nitrogens is 2. The highest BCUT2D eigenvalue weighted by molar-refractivity contribution is 5.94. The van der Waals surface area contributed by atoms with Crippen LogP contribution in [0.1, 0.15) is 29.8 Å². The SMILES string of the molecule is CCOc1ccc(C(C)=O)cc1Cn1cnc2ccccc21. The summed E-state index contributed by atoms with van der Waals surface area (Å²) in [6.45, 7) is 4.75. The Morgan fingerprint density at radius 3 is 2.82 bits per heavy atom. The normalized spacial score (nSPS) is 10.8. The molecule has 4 nitrogen and oxygen atoms in total. The monoisotopic (exact) mass is 294 g/mol. The van der Waals surface area contributed by atoms with Crippen LogP contribution in [-0.2, 0) is 6.54 Å². The van der Waals surface area contributed by atoms with E-state index in [1.54, 1.807) is 6.92 Å². The van der Waals surface area contributed by atoms with Crippen LogP contribution < -0.4 is 4.74 Å².